The Balaban J connectivity index is 1.62. The summed E-state index contributed by atoms with van der Waals surface area (Å²) in [5.74, 6) is -1.61. The number of hydrogen-bond acceptors (Lipinski definition) is 6. The third-order valence-electron chi connectivity index (χ3n) is 4.29. The van der Waals surface area contributed by atoms with Crippen molar-refractivity contribution >= 4 is 40.4 Å². The van der Waals surface area contributed by atoms with Crippen LogP contribution in [0.3, 0.4) is 0 Å². The largest absolute Gasteiger partial charge is 0.450 e. The van der Waals surface area contributed by atoms with Crippen molar-refractivity contribution in [2.24, 2.45) is 0 Å². The lowest BCUT2D eigenvalue weighted by Crippen LogP contribution is -2.51. The van der Waals surface area contributed by atoms with Gasteiger partial charge in [0.15, 0.2) is 12.0 Å². The van der Waals surface area contributed by atoms with Crippen molar-refractivity contribution in [3.05, 3.63) is 45.3 Å². The minimum Gasteiger partial charge on any atom is -0.450 e. The number of esters is 1. The lowest BCUT2D eigenvalue weighted by Gasteiger charge is -2.34. The van der Waals surface area contributed by atoms with Crippen molar-refractivity contribution in [1.82, 2.24) is 9.80 Å². The molecule has 2 heterocycles. The first kappa shape index (κ1) is 18.9. The quantitative estimate of drug-likeness (QED) is 0.730. The molecule has 0 bridgehead atoms. The van der Waals surface area contributed by atoms with Gasteiger partial charge in [0.2, 0.25) is 11.7 Å². The summed E-state index contributed by atoms with van der Waals surface area (Å²) in [6.45, 7) is 2.64. The Morgan fingerprint density at radius 1 is 1.11 bits per heavy atom. The van der Waals surface area contributed by atoms with Crippen molar-refractivity contribution in [2.45, 2.75) is 6.92 Å². The van der Waals surface area contributed by atoms with Gasteiger partial charge in [0, 0.05) is 44.2 Å². The van der Waals surface area contributed by atoms with Crippen molar-refractivity contribution in [3.8, 4) is 0 Å². The van der Waals surface area contributed by atoms with Crippen LogP contribution in [0.2, 0.25) is 5.02 Å². The molecule has 0 N–H and O–H groups in total. The molecule has 1 aliphatic heterocycles. The summed E-state index contributed by atoms with van der Waals surface area (Å²) in [7, 11) is 0. The SMILES string of the molecule is CC(=O)N1CCN(C(=O)COC(=O)c2cc(=O)c3cc(Cl)ccc3o2)CC1. The lowest BCUT2D eigenvalue weighted by molar-refractivity contribution is -0.140. The highest BCUT2D eigenvalue weighted by Gasteiger charge is 2.24. The Morgan fingerprint density at radius 2 is 1.78 bits per heavy atom. The molecule has 142 valence electrons. The fourth-order valence-corrected chi connectivity index (χ4v) is 2.96. The van der Waals surface area contributed by atoms with Crippen molar-refractivity contribution in [2.75, 3.05) is 32.8 Å². The van der Waals surface area contributed by atoms with E-state index in [9.17, 15) is 19.2 Å². The van der Waals surface area contributed by atoms with E-state index in [4.69, 9.17) is 20.8 Å². The summed E-state index contributed by atoms with van der Waals surface area (Å²) in [5.41, 5.74) is -0.233. The summed E-state index contributed by atoms with van der Waals surface area (Å²) >= 11 is 5.84. The van der Waals surface area contributed by atoms with E-state index in [0.717, 1.165) is 6.07 Å². The second-order valence-electron chi connectivity index (χ2n) is 6.08. The second-order valence-corrected chi connectivity index (χ2v) is 6.51. The number of carbonyl (C=O) groups is 3. The van der Waals surface area contributed by atoms with Crippen LogP contribution in [-0.2, 0) is 14.3 Å². The first-order chi connectivity index (χ1) is 12.8. The van der Waals surface area contributed by atoms with Gasteiger partial charge >= 0.3 is 5.97 Å². The third kappa shape index (κ3) is 4.28. The molecule has 1 fully saturated rings. The number of amides is 2. The number of nitrogens with zero attached hydrogens (tertiary/aromatic N) is 2. The smallest absolute Gasteiger partial charge is 0.374 e. The normalized spacial score (nSPS) is 14.3. The zero-order valence-electron chi connectivity index (χ0n) is 14.6. The lowest BCUT2D eigenvalue weighted by atomic mass is 10.2. The van der Waals surface area contributed by atoms with Crippen LogP contribution in [0.4, 0.5) is 0 Å². The van der Waals surface area contributed by atoms with Crippen molar-refractivity contribution in [3.63, 3.8) is 0 Å². The summed E-state index contributed by atoms with van der Waals surface area (Å²) in [6.07, 6.45) is 0. The number of halogens is 1. The highest BCUT2D eigenvalue weighted by atomic mass is 35.5. The van der Waals surface area contributed by atoms with Crippen LogP contribution >= 0.6 is 11.6 Å². The Hall–Kier alpha value is -2.87. The number of rotatable bonds is 3. The van der Waals surface area contributed by atoms with Gasteiger partial charge in [0.05, 0.1) is 5.39 Å². The number of carbonyl (C=O) groups excluding carboxylic acids is 3. The maximum atomic E-state index is 12.2. The first-order valence-electron chi connectivity index (χ1n) is 8.29. The van der Waals surface area contributed by atoms with Crippen LogP contribution in [0.5, 0.6) is 0 Å². The Kier molecular flexibility index (Phi) is 5.46. The summed E-state index contributed by atoms with van der Waals surface area (Å²) < 4.78 is 10.4. The van der Waals surface area contributed by atoms with E-state index in [0.29, 0.717) is 31.2 Å². The monoisotopic (exact) mass is 392 g/mol. The van der Waals surface area contributed by atoms with Gasteiger partial charge in [-0.15, -0.1) is 0 Å². The van der Waals surface area contributed by atoms with E-state index in [2.05, 4.69) is 0 Å². The van der Waals surface area contributed by atoms with Gasteiger partial charge in [-0.25, -0.2) is 4.79 Å². The van der Waals surface area contributed by atoms with Gasteiger partial charge in [0.25, 0.3) is 5.91 Å². The Bertz CT molecular complexity index is 962. The summed E-state index contributed by atoms with van der Waals surface area (Å²) in [6, 6.07) is 5.47. The molecule has 0 atom stereocenters. The molecule has 8 nitrogen and oxygen atoms in total. The molecule has 1 aromatic heterocycles. The molecule has 0 unspecified atom stereocenters. The minimum atomic E-state index is -0.903. The molecule has 0 aliphatic carbocycles. The van der Waals surface area contributed by atoms with Crippen molar-refractivity contribution < 1.29 is 23.5 Å². The van der Waals surface area contributed by atoms with Crippen LogP contribution in [0.1, 0.15) is 17.5 Å². The molecule has 3 rings (SSSR count). The zero-order valence-corrected chi connectivity index (χ0v) is 15.3. The van der Waals surface area contributed by atoms with Gasteiger partial charge < -0.3 is 19.0 Å². The van der Waals surface area contributed by atoms with E-state index in [1.54, 1.807) is 4.90 Å². The molecule has 27 heavy (non-hydrogen) atoms. The molecule has 2 aromatic rings. The van der Waals surface area contributed by atoms with Gasteiger partial charge in [0.1, 0.15) is 5.58 Å². The van der Waals surface area contributed by atoms with Crippen LogP contribution in [-0.4, -0.2) is 60.4 Å². The molecule has 1 saturated heterocycles. The third-order valence-corrected chi connectivity index (χ3v) is 4.53. The average molecular weight is 393 g/mol. The van der Waals surface area contributed by atoms with Gasteiger partial charge in [-0.3, -0.25) is 14.4 Å². The average Bonchev–Trinajstić information content (AvgIpc) is 2.66. The number of piperazine rings is 1. The maximum Gasteiger partial charge on any atom is 0.374 e. The van der Waals surface area contributed by atoms with Crippen LogP contribution in [0, 0.1) is 0 Å². The van der Waals surface area contributed by atoms with Gasteiger partial charge in [-0.05, 0) is 18.2 Å². The Morgan fingerprint density at radius 3 is 2.44 bits per heavy atom. The molecular weight excluding hydrogens is 376 g/mol. The molecule has 0 radical (unpaired) electrons. The number of benzene rings is 1. The number of fused-ring (bicyclic) bond motifs is 1. The van der Waals surface area contributed by atoms with Crippen LogP contribution < -0.4 is 5.43 Å². The number of hydrogen-bond donors (Lipinski definition) is 0. The van der Waals surface area contributed by atoms with E-state index in [1.165, 1.54) is 30.0 Å². The molecule has 0 saturated carbocycles. The standard InChI is InChI=1S/C18H17ClN2O6/c1-11(22)20-4-6-21(7-5-20)17(24)10-26-18(25)16-9-14(23)13-8-12(19)2-3-15(13)27-16/h2-3,8-9H,4-7,10H2,1H3. The van der Waals surface area contributed by atoms with E-state index >= 15 is 0 Å². The molecule has 0 spiro atoms. The van der Waals surface area contributed by atoms with E-state index < -0.39 is 18.0 Å². The molecule has 1 aromatic carbocycles. The molecule has 9 heteroatoms. The highest BCUT2D eigenvalue weighted by molar-refractivity contribution is 6.31. The second kappa shape index (κ2) is 7.79. The minimum absolute atomic E-state index is 0.0406. The summed E-state index contributed by atoms with van der Waals surface area (Å²) in [5, 5.41) is 0.624. The van der Waals surface area contributed by atoms with Crippen LogP contribution in [0.15, 0.2) is 33.5 Å². The van der Waals surface area contributed by atoms with Gasteiger partial charge in [-0.1, -0.05) is 11.6 Å². The Labute approximate surface area is 159 Å². The van der Waals surface area contributed by atoms with E-state index in [1.807, 2.05) is 0 Å². The summed E-state index contributed by atoms with van der Waals surface area (Å²) in [4.78, 5) is 50.9. The molecule has 2 amide bonds. The number of ether oxygens (including phenoxy) is 1. The van der Waals surface area contributed by atoms with Gasteiger partial charge in [-0.2, -0.15) is 0 Å². The zero-order chi connectivity index (χ0) is 19.6. The van der Waals surface area contributed by atoms with Crippen molar-refractivity contribution in [1.29, 1.82) is 0 Å². The topological polar surface area (TPSA) is 97.1 Å². The van der Waals surface area contributed by atoms with Crippen LogP contribution in [0.25, 0.3) is 11.0 Å². The maximum absolute atomic E-state index is 12.2. The highest BCUT2D eigenvalue weighted by Crippen LogP contribution is 2.18. The fraction of sp³-hybridized carbons (Fsp3) is 0.333. The molecular formula is C18H17ClN2O6. The predicted octanol–water partition coefficient (Wildman–Crippen LogP) is 1.29. The van der Waals surface area contributed by atoms with E-state index in [-0.39, 0.29) is 28.5 Å². The fourth-order valence-electron chi connectivity index (χ4n) is 2.79. The molecule has 1 aliphatic rings. The first-order valence-corrected chi connectivity index (χ1v) is 8.67. The predicted molar refractivity (Wildman–Crippen MR) is 96.6 cm³/mol.